The molecule has 0 heterocycles. The Balaban J connectivity index is 2.55. The molecule has 0 aliphatic heterocycles. The zero-order valence-electron chi connectivity index (χ0n) is 10.3. The van der Waals surface area contributed by atoms with Crippen LogP contribution in [0.4, 0.5) is 0 Å². The number of hydrogen-bond acceptors (Lipinski definition) is 3. The van der Waals surface area contributed by atoms with Gasteiger partial charge in [-0.3, -0.25) is 4.79 Å². The largest absolute Gasteiger partial charge is 0.353 e. The van der Waals surface area contributed by atoms with Crippen LogP contribution < -0.4 is 5.32 Å². The van der Waals surface area contributed by atoms with Crippen molar-refractivity contribution < 1.29 is 4.79 Å². The van der Waals surface area contributed by atoms with Gasteiger partial charge in [-0.1, -0.05) is 12.8 Å². The van der Waals surface area contributed by atoms with Crippen LogP contribution in [0.5, 0.6) is 0 Å². The fraction of sp³-hybridized carbons (Fsp3) is 0.833. The highest BCUT2D eigenvalue weighted by Gasteiger charge is 2.41. The summed E-state index contributed by atoms with van der Waals surface area (Å²) in [5.41, 5.74) is -0.742. The Morgan fingerprint density at radius 3 is 2.50 bits per heavy atom. The Bertz CT molecular complexity index is 301. The summed E-state index contributed by atoms with van der Waals surface area (Å²) < 4.78 is 0.0326. The lowest BCUT2D eigenvalue weighted by atomic mass is 9.87. The molecule has 1 N–H and O–H groups in total. The first-order valence-electron chi connectivity index (χ1n) is 5.70. The summed E-state index contributed by atoms with van der Waals surface area (Å²) in [5, 5.41) is 12.1. The van der Waals surface area contributed by atoms with Gasteiger partial charge in [-0.05, 0) is 32.9 Å². The van der Waals surface area contributed by atoms with Gasteiger partial charge in [0.2, 0.25) is 5.91 Å². The summed E-state index contributed by atoms with van der Waals surface area (Å²) in [6.07, 6.45) is 5.45. The molecular weight excluding hydrogens is 220 g/mol. The van der Waals surface area contributed by atoms with Crippen molar-refractivity contribution in [3.63, 3.8) is 0 Å². The second-order valence-corrected chi connectivity index (χ2v) is 6.56. The average molecular weight is 240 g/mol. The maximum Gasteiger partial charge on any atom is 0.240 e. The van der Waals surface area contributed by atoms with Gasteiger partial charge in [0.15, 0.2) is 0 Å². The summed E-state index contributed by atoms with van der Waals surface area (Å²) in [5.74, 6) is -0.0744. The van der Waals surface area contributed by atoms with Crippen molar-refractivity contribution in [3.8, 4) is 6.07 Å². The fourth-order valence-corrected chi connectivity index (χ4v) is 2.12. The van der Waals surface area contributed by atoms with E-state index in [1.54, 1.807) is 11.8 Å². The van der Waals surface area contributed by atoms with Crippen molar-refractivity contribution in [1.82, 2.24) is 5.32 Å². The molecule has 90 valence electrons. The van der Waals surface area contributed by atoms with Crippen LogP contribution in [-0.2, 0) is 4.79 Å². The van der Waals surface area contributed by atoms with Crippen molar-refractivity contribution in [2.75, 3.05) is 12.8 Å². The van der Waals surface area contributed by atoms with E-state index in [4.69, 9.17) is 5.26 Å². The molecule has 1 aliphatic rings. The van der Waals surface area contributed by atoms with Crippen LogP contribution in [-0.4, -0.2) is 23.5 Å². The minimum absolute atomic E-state index is 0.0326. The molecule has 16 heavy (non-hydrogen) atoms. The van der Waals surface area contributed by atoms with Crippen LogP contribution >= 0.6 is 11.8 Å². The molecule has 0 bridgehead atoms. The zero-order chi connectivity index (χ0) is 12.2. The monoisotopic (exact) mass is 240 g/mol. The summed E-state index contributed by atoms with van der Waals surface area (Å²) in [6, 6.07) is 2.21. The maximum absolute atomic E-state index is 12.0. The lowest BCUT2D eigenvalue weighted by Crippen LogP contribution is -2.43. The van der Waals surface area contributed by atoms with E-state index in [0.29, 0.717) is 6.54 Å². The molecule has 1 aliphatic carbocycles. The molecule has 0 aromatic carbocycles. The van der Waals surface area contributed by atoms with Crippen LogP contribution in [0.25, 0.3) is 0 Å². The average Bonchev–Trinajstić information content (AvgIpc) is 2.76. The number of thioether (sulfide) groups is 1. The first kappa shape index (κ1) is 13.4. The fourth-order valence-electron chi connectivity index (χ4n) is 1.90. The number of nitriles is 1. The van der Waals surface area contributed by atoms with E-state index in [-0.39, 0.29) is 10.7 Å². The Kier molecular flexibility index (Phi) is 4.26. The Morgan fingerprint density at radius 2 is 2.06 bits per heavy atom. The van der Waals surface area contributed by atoms with Gasteiger partial charge in [-0.15, -0.1) is 0 Å². The van der Waals surface area contributed by atoms with Gasteiger partial charge in [-0.2, -0.15) is 17.0 Å². The molecule has 0 aromatic heterocycles. The van der Waals surface area contributed by atoms with Crippen LogP contribution in [0.15, 0.2) is 0 Å². The highest BCUT2D eigenvalue weighted by atomic mass is 32.2. The summed E-state index contributed by atoms with van der Waals surface area (Å²) >= 11 is 1.72. The third kappa shape index (κ3) is 2.91. The number of rotatable bonds is 4. The number of nitrogens with one attached hydrogen (secondary N) is 1. The minimum Gasteiger partial charge on any atom is -0.353 e. The quantitative estimate of drug-likeness (QED) is 0.820. The topological polar surface area (TPSA) is 52.9 Å². The molecule has 1 amide bonds. The predicted octanol–water partition coefficient (Wildman–Crippen LogP) is 2.33. The number of carbonyl (C=O) groups is 1. The van der Waals surface area contributed by atoms with E-state index in [1.807, 2.05) is 6.26 Å². The Labute approximate surface area is 102 Å². The van der Waals surface area contributed by atoms with Gasteiger partial charge in [0, 0.05) is 11.3 Å². The van der Waals surface area contributed by atoms with Gasteiger partial charge in [0.05, 0.1) is 6.07 Å². The first-order valence-corrected chi connectivity index (χ1v) is 6.93. The zero-order valence-corrected chi connectivity index (χ0v) is 11.1. The summed E-state index contributed by atoms with van der Waals surface area (Å²) in [4.78, 5) is 12.0. The molecule has 1 fully saturated rings. The second-order valence-electron chi connectivity index (χ2n) is 5.05. The molecule has 0 unspecified atom stereocenters. The van der Waals surface area contributed by atoms with Crippen molar-refractivity contribution in [1.29, 1.82) is 5.26 Å². The van der Waals surface area contributed by atoms with E-state index in [2.05, 4.69) is 25.2 Å². The van der Waals surface area contributed by atoms with Crippen molar-refractivity contribution >= 4 is 17.7 Å². The smallest absolute Gasteiger partial charge is 0.240 e. The lowest BCUT2D eigenvalue weighted by Gasteiger charge is -2.25. The van der Waals surface area contributed by atoms with Crippen LogP contribution in [0.3, 0.4) is 0 Å². The SMILES string of the molecule is CSC(C)(C)CNC(=O)C1(C#N)CCCC1. The number of carbonyl (C=O) groups excluding carboxylic acids is 1. The van der Waals surface area contributed by atoms with Crippen LogP contribution in [0.2, 0.25) is 0 Å². The van der Waals surface area contributed by atoms with E-state index < -0.39 is 5.41 Å². The molecule has 0 saturated heterocycles. The third-order valence-corrected chi connectivity index (χ3v) is 4.58. The molecule has 1 rings (SSSR count). The predicted molar refractivity (Wildman–Crippen MR) is 67.1 cm³/mol. The minimum atomic E-state index is -0.742. The van der Waals surface area contributed by atoms with E-state index in [9.17, 15) is 4.79 Å². The van der Waals surface area contributed by atoms with Gasteiger partial charge < -0.3 is 5.32 Å². The highest BCUT2D eigenvalue weighted by Crippen LogP contribution is 2.37. The van der Waals surface area contributed by atoms with E-state index in [0.717, 1.165) is 25.7 Å². The molecule has 1 saturated carbocycles. The van der Waals surface area contributed by atoms with Gasteiger partial charge in [-0.25, -0.2) is 0 Å². The van der Waals surface area contributed by atoms with Gasteiger partial charge in [0.1, 0.15) is 5.41 Å². The van der Waals surface area contributed by atoms with Crippen LogP contribution in [0, 0.1) is 16.7 Å². The lowest BCUT2D eigenvalue weighted by molar-refractivity contribution is -0.128. The first-order chi connectivity index (χ1) is 7.46. The molecule has 0 spiro atoms. The van der Waals surface area contributed by atoms with Crippen molar-refractivity contribution in [3.05, 3.63) is 0 Å². The maximum atomic E-state index is 12.0. The van der Waals surface area contributed by atoms with Crippen LogP contribution in [0.1, 0.15) is 39.5 Å². The highest BCUT2D eigenvalue weighted by molar-refractivity contribution is 7.99. The van der Waals surface area contributed by atoms with Crippen molar-refractivity contribution in [2.45, 2.75) is 44.3 Å². The second kappa shape index (κ2) is 5.09. The molecule has 0 aromatic rings. The molecule has 0 radical (unpaired) electrons. The molecule has 0 atom stereocenters. The van der Waals surface area contributed by atoms with Crippen molar-refractivity contribution in [2.24, 2.45) is 5.41 Å². The number of amides is 1. The summed E-state index contributed by atoms with van der Waals surface area (Å²) in [7, 11) is 0. The third-order valence-electron chi connectivity index (χ3n) is 3.33. The molecule has 4 heteroatoms. The standard InChI is InChI=1S/C12H20N2OS/c1-11(2,16-3)9-14-10(15)12(8-13)6-4-5-7-12/h4-7,9H2,1-3H3,(H,14,15). The normalized spacial score (nSPS) is 19.1. The number of hydrogen-bond donors (Lipinski definition) is 1. The summed E-state index contributed by atoms with van der Waals surface area (Å²) in [6.45, 7) is 4.80. The van der Waals surface area contributed by atoms with E-state index in [1.165, 1.54) is 0 Å². The van der Waals surface area contributed by atoms with Gasteiger partial charge in [0.25, 0.3) is 0 Å². The molecule has 3 nitrogen and oxygen atoms in total. The molecular formula is C12H20N2OS. The number of nitrogens with zero attached hydrogens (tertiary/aromatic N) is 1. The van der Waals surface area contributed by atoms with Gasteiger partial charge >= 0.3 is 0 Å². The Hall–Kier alpha value is -0.690. The van der Waals surface area contributed by atoms with E-state index >= 15 is 0 Å². The Morgan fingerprint density at radius 1 is 1.50 bits per heavy atom.